The molecule has 1 aliphatic rings. The Balaban J connectivity index is 1.51. The summed E-state index contributed by atoms with van der Waals surface area (Å²) in [6.45, 7) is 1.74. The summed E-state index contributed by atoms with van der Waals surface area (Å²) < 4.78 is 38.8. The molecule has 1 fully saturated rings. The lowest BCUT2D eigenvalue weighted by Crippen LogP contribution is -2.14. The fourth-order valence-electron chi connectivity index (χ4n) is 2.91. The molecule has 1 aromatic carbocycles. The number of hydrogen-bond acceptors (Lipinski definition) is 7. The van der Waals surface area contributed by atoms with Gasteiger partial charge in [-0.25, -0.2) is 8.42 Å². The third kappa shape index (κ3) is 4.98. The largest absolute Gasteiger partial charge is 0.495 e. The van der Waals surface area contributed by atoms with Crippen LogP contribution < -0.4 is 14.8 Å². The number of aryl methyl sites for hydroxylation is 1. The first-order valence-corrected chi connectivity index (χ1v) is 12.4. The van der Waals surface area contributed by atoms with Crippen LogP contribution >= 0.6 is 22.9 Å². The van der Waals surface area contributed by atoms with Crippen molar-refractivity contribution in [1.82, 2.24) is 5.16 Å². The van der Waals surface area contributed by atoms with Gasteiger partial charge in [-0.1, -0.05) is 16.8 Å². The average Bonchev–Trinajstić information content (AvgIpc) is 3.39. The smallest absolute Gasteiger partial charge is 0.271 e. The van der Waals surface area contributed by atoms with Gasteiger partial charge < -0.3 is 14.6 Å². The maximum Gasteiger partial charge on any atom is 0.271 e. The number of rotatable bonds is 8. The zero-order valence-corrected chi connectivity index (χ0v) is 19.6. The standard InChI is InChI=1S/C21H20ClN3O5S2/c1-12-20(23-21(26)13-3-4-13)18(30-24-12)9-6-15-7-10-19(31-15)32(27,28)25-16-11-14(22)5-8-17(16)29-2/h5-11,13,25H,3-4H2,1-2H3,(H,23,26)/b9-6+. The van der Waals surface area contributed by atoms with Crippen molar-refractivity contribution in [2.75, 3.05) is 17.1 Å². The molecule has 0 atom stereocenters. The highest BCUT2D eigenvalue weighted by atomic mass is 35.5. The Morgan fingerprint density at radius 2 is 2.06 bits per heavy atom. The first-order chi connectivity index (χ1) is 15.3. The van der Waals surface area contributed by atoms with Gasteiger partial charge >= 0.3 is 0 Å². The summed E-state index contributed by atoms with van der Waals surface area (Å²) in [6.07, 6.45) is 5.14. The fraction of sp³-hybridized carbons (Fsp3) is 0.238. The van der Waals surface area contributed by atoms with Crippen LogP contribution in [0.5, 0.6) is 5.75 Å². The lowest BCUT2D eigenvalue weighted by Gasteiger charge is -2.11. The van der Waals surface area contributed by atoms with E-state index in [9.17, 15) is 13.2 Å². The molecule has 168 valence electrons. The number of carbonyl (C=O) groups excluding carboxylic acids is 1. The van der Waals surface area contributed by atoms with Gasteiger partial charge in [-0.15, -0.1) is 11.3 Å². The molecule has 4 rings (SSSR count). The number of nitrogens with zero attached hydrogens (tertiary/aromatic N) is 1. The topological polar surface area (TPSA) is 111 Å². The van der Waals surface area contributed by atoms with E-state index in [2.05, 4.69) is 15.2 Å². The number of hydrogen-bond donors (Lipinski definition) is 2. The number of thiophene rings is 1. The zero-order chi connectivity index (χ0) is 22.9. The number of anilines is 2. The molecule has 0 bridgehead atoms. The first-order valence-electron chi connectivity index (χ1n) is 9.68. The molecule has 2 N–H and O–H groups in total. The van der Waals surface area contributed by atoms with Crippen LogP contribution in [0.2, 0.25) is 5.02 Å². The normalized spacial score (nSPS) is 14.0. The predicted molar refractivity (Wildman–Crippen MR) is 125 cm³/mol. The molecule has 2 heterocycles. The molecule has 11 heteroatoms. The number of amides is 1. The molecule has 1 saturated carbocycles. The summed E-state index contributed by atoms with van der Waals surface area (Å²) >= 11 is 7.06. The average molecular weight is 494 g/mol. The Labute approximate surface area is 194 Å². The maximum atomic E-state index is 12.8. The third-order valence-corrected chi connectivity index (χ3v) is 7.90. The lowest BCUT2D eigenvalue weighted by atomic mass is 10.2. The second kappa shape index (κ2) is 8.97. The van der Waals surface area contributed by atoms with Crippen molar-refractivity contribution >= 4 is 62.4 Å². The number of ether oxygens (including phenoxy) is 1. The van der Waals surface area contributed by atoms with E-state index in [1.54, 1.807) is 37.3 Å². The van der Waals surface area contributed by atoms with Crippen LogP contribution in [0, 0.1) is 12.8 Å². The Kier molecular flexibility index (Phi) is 6.27. The summed E-state index contributed by atoms with van der Waals surface area (Å²) in [5, 5.41) is 7.15. The Morgan fingerprint density at radius 1 is 1.28 bits per heavy atom. The van der Waals surface area contributed by atoms with Gasteiger partial charge in [0.1, 0.15) is 21.3 Å². The molecule has 3 aromatic rings. The van der Waals surface area contributed by atoms with Crippen LogP contribution in [0.25, 0.3) is 12.2 Å². The molecule has 8 nitrogen and oxygen atoms in total. The van der Waals surface area contributed by atoms with Crippen LogP contribution in [0.4, 0.5) is 11.4 Å². The number of sulfonamides is 1. The van der Waals surface area contributed by atoms with E-state index in [1.807, 2.05) is 0 Å². The highest BCUT2D eigenvalue weighted by molar-refractivity contribution is 7.94. The van der Waals surface area contributed by atoms with Crippen molar-refractivity contribution in [1.29, 1.82) is 0 Å². The SMILES string of the molecule is COc1ccc(Cl)cc1NS(=O)(=O)c1ccc(/C=C/c2onc(C)c2NC(=O)C2CC2)s1. The van der Waals surface area contributed by atoms with Crippen LogP contribution in [-0.4, -0.2) is 26.6 Å². The van der Waals surface area contributed by atoms with Gasteiger partial charge in [-0.3, -0.25) is 9.52 Å². The van der Waals surface area contributed by atoms with E-state index in [0.717, 1.165) is 24.2 Å². The molecule has 0 spiro atoms. The Morgan fingerprint density at radius 3 is 2.78 bits per heavy atom. The quantitative estimate of drug-likeness (QED) is 0.455. The maximum absolute atomic E-state index is 12.8. The van der Waals surface area contributed by atoms with Crippen molar-refractivity contribution in [3.63, 3.8) is 0 Å². The van der Waals surface area contributed by atoms with E-state index in [4.69, 9.17) is 20.9 Å². The van der Waals surface area contributed by atoms with Crippen LogP contribution in [0.3, 0.4) is 0 Å². The van der Waals surface area contributed by atoms with Crippen molar-refractivity contribution in [3.8, 4) is 5.75 Å². The summed E-state index contributed by atoms with van der Waals surface area (Å²) in [7, 11) is -2.40. The van der Waals surface area contributed by atoms with Crippen molar-refractivity contribution < 1.29 is 22.5 Å². The van der Waals surface area contributed by atoms with E-state index in [1.165, 1.54) is 19.2 Å². The van der Waals surface area contributed by atoms with E-state index >= 15 is 0 Å². The second-order valence-corrected chi connectivity index (χ2v) is 10.7. The highest BCUT2D eigenvalue weighted by Crippen LogP contribution is 2.33. The fourth-order valence-corrected chi connectivity index (χ4v) is 5.37. The zero-order valence-electron chi connectivity index (χ0n) is 17.2. The number of halogens is 1. The van der Waals surface area contributed by atoms with Crippen molar-refractivity contribution in [2.45, 2.75) is 24.0 Å². The third-order valence-electron chi connectivity index (χ3n) is 4.76. The Bertz CT molecular complexity index is 1290. The van der Waals surface area contributed by atoms with Crippen molar-refractivity contribution in [2.24, 2.45) is 5.92 Å². The summed E-state index contributed by atoms with van der Waals surface area (Å²) in [4.78, 5) is 12.8. The number of benzene rings is 1. The highest BCUT2D eigenvalue weighted by Gasteiger charge is 2.30. The summed E-state index contributed by atoms with van der Waals surface area (Å²) in [6, 6.07) is 7.86. The number of nitrogens with one attached hydrogen (secondary N) is 2. The van der Waals surface area contributed by atoms with Gasteiger partial charge in [0.05, 0.1) is 12.8 Å². The summed E-state index contributed by atoms with van der Waals surface area (Å²) in [5.41, 5.74) is 1.35. The van der Waals surface area contributed by atoms with Gasteiger partial charge in [-0.05, 0) is 62.2 Å². The molecule has 1 amide bonds. The minimum atomic E-state index is -3.84. The van der Waals surface area contributed by atoms with E-state index in [0.29, 0.717) is 32.8 Å². The Hall–Kier alpha value is -2.82. The number of carbonyl (C=O) groups is 1. The molecule has 0 saturated heterocycles. The molecule has 0 aliphatic heterocycles. The number of aromatic nitrogens is 1. The summed E-state index contributed by atoms with van der Waals surface area (Å²) in [5.74, 6) is 0.766. The van der Waals surface area contributed by atoms with Gasteiger partial charge in [0.2, 0.25) is 5.91 Å². The second-order valence-electron chi connectivity index (χ2n) is 7.21. The van der Waals surface area contributed by atoms with Gasteiger partial charge in [0.15, 0.2) is 5.76 Å². The van der Waals surface area contributed by atoms with Crippen LogP contribution in [0.15, 0.2) is 39.1 Å². The minimum Gasteiger partial charge on any atom is -0.495 e. The van der Waals surface area contributed by atoms with Crippen LogP contribution in [0.1, 0.15) is 29.2 Å². The molecular weight excluding hydrogens is 474 g/mol. The van der Waals surface area contributed by atoms with Gasteiger partial charge in [0.25, 0.3) is 10.0 Å². The predicted octanol–water partition coefficient (Wildman–Crippen LogP) is 5.03. The molecular formula is C21H20ClN3O5S2. The molecule has 32 heavy (non-hydrogen) atoms. The number of methoxy groups -OCH3 is 1. The van der Waals surface area contributed by atoms with E-state index in [-0.39, 0.29) is 21.7 Å². The van der Waals surface area contributed by atoms with Crippen LogP contribution in [-0.2, 0) is 14.8 Å². The minimum absolute atomic E-state index is 0.0435. The van der Waals surface area contributed by atoms with Gasteiger partial charge in [-0.2, -0.15) is 0 Å². The molecule has 1 aliphatic carbocycles. The molecule has 0 radical (unpaired) electrons. The van der Waals surface area contributed by atoms with E-state index < -0.39 is 10.0 Å². The van der Waals surface area contributed by atoms with Crippen molar-refractivity contribution in [3.05, 3.63) is 51.7 Å². The monoisotopic (exact) mass is 493 g/mol. The molecule has 0 unspecified atom stereocenters. The first kappa shape index (κ1) is 22.4. The lowest BCUT2D eigenvalue weighted by molar-refractivity contribution is -0.117. The van der Waals surface area contributed by atoms with Gasteiger partial charge in [0, 0.05) is 15.8 Å². The molecule has 2 aromatic heterocycles.